The minimum atomic E-state index is -0.354. The molecule has 4 N–H and O–H groups in total. The molecule has 0 radical (unpaired) electrons. The van der Waals surface area contributed by atoms with Gasteiger partial charge in [-0.3, -0.25) is 14.5 Å². The van der Waals surface area contributed by atoms with Crippen molar-refractivity contribution in [2.45, 2.75) is 6.04 Å². The molecule has 0 aliphatic carbocycles. The van der Waals surface area contributed by atoms with Crippen LogP contribution in [0.5, 0.6) is 0 Å². The summed E-state index contributed by atoms with van der Waals surface area (Å²) in [6.07, 6.45) is 0. The van der Waals surface area contributed by atoms with Crippen molar-refractivity contribution in [1.82, 2.24) is 15.5 Å². The lowest BCUT2D eigenvalue weighted by molar-refractivity contribution is -0.125. The highest BCUT2D eigenvalue weighted by Gasteiger charge is 2.23. The van der Waals surface area contributed by atoms with Crippen molar-refractivity contribution < 1.29 is 14.3 Å². The molecule has 1 aliphatic rings. The van der Waals surface area contributed by atoms with Crippen LogP contribution in [0.1, 0.15) is 11.6 Å². The predicted octanol–water partition coefficient (Wildman–Crippen LogP) is -0.0956. The third-order valence-electron chi connectivity index (χ3n) is 3.87. The molecular weight excluding hydrogens is 332 g/mol. The molecule has 1 aromatic carbocycles. The maximum Gasteiger partial charge on any atom is 0.239 e. The van der Waals surface area contributed by atoms with E-state index in [1.165, 1.54) is 0 Å². The Bertz CT molecular complexity index is 547. The van der Waals surface area contributed by atoms with E-state index in [0.717, 1.165) is 18.7 Å². The van der Waals surface area contributed by atoms with Gasteiger partial charge in [0.1, 0.15) is 0 Å². The first kappa shape index (κ1) is 18.7. The summed E-state index contributed by atoms with van der Waals surface area (Å²) in [7, 11) is 0. The fourth-order valence-electron chi connectivity index (χ4n) is 2.56. The van der Waals surface area contributed by atoms with E-state index in [1.807, 2.05) is 24.3 Å². The average Bonchev–Trinajstić information content (AvgIpc) is 2.62. The molecule has 1 unspecified atom stereocenters. The first-order valence-corrected chi connectivity index (χ1v) is 8.28. The van der Waals surface area contributed by atoms with Crippen LogP contribution < -0.4 is 16.4 Å². The summed E-state index contributed by atoms with van der Waals surface area (Å²) in [4.78, 5) is 25.3. The van der Waals surface area contributed by atoms with Gasteiger partial charge in [0.05, 0.1) is 32.3 Å². The topological polar surface area (TPSA) is 96.7 Å². The van der Waals surface area contributed by atoms with Gasteiger partial charge >= 0.3 is 0 Å². The van der Waals surface area contributed by atoms with Crippen LogP contribution in [0.15, 0.2) is 24.3 Å². The monoisotopic (exact) mass is 354 g/mol. The van der Waals surface area contributed by atoms with Gasteiger partial charge in [-0.2, -0.15) is 0 Å². The van der Waals surface area contributed by atoms with Gasteiger partial charge in [0, 0.05) is 24.7 Å². The number of carbonyl (C=O) groups is 2. The molecule has 1 aliphatic heterocycles. The van der Waals surface area contributed by atoms with E-state index in [0.29, 0.717) is 24.8 Å². The zero-order chi connectivity index (χ0) is 17.4. The summed E-state index contributed by atoms with van der Waals surface area (Å²) in [6, 6.07) is 7.64. The van der Waals surface area contributed by atoms with Crippen LogP contribution in [-0.4, -0.2) is 62.7 Å². The molecular formula is C16H23ClN4O3. The van der Waals surface area contributed by atoms with Crippen LogP contribution in [0.3, 0.4) is 0 Å². The highest BCUT2D eigenvalue weighted by molar-refractivity contribution is 6.30. The van der Waals surface area contributed by atoms with Crippen molar-refractivity contribution >= 4 is 23.4 Å². The van der Waals surface area contributed by atoms with Gasteiger partial charge < -0.3 is 21.1 Å². The van der Waals surface area contributed by atoms with Crippen LogP contribution in [0.4, 0.5) is 0 Å². The Morgan fingerprint density at radius 3 is 2.46 bits per heavy atom. The molecule has 0 spiro atoms. The van der Waals surface area contributed by atoms with Crippen molar-refractivity contribution in [2.75, 3.05) is 45.9 Å². The van der Waals surface area contributed by atoms with Crippen LogP contribution in [0.2, 0.25) is 5.02 Å². The number of hydrogen-bond acceptors (Lipinski definition) is 5. The number of carbonyl (C=O) groups excluding carboxylic acids is 2. The molecule has 7 nitrogen and oxygen atoms in total. The van der Waals surface area contributed by atoms with E-state index in [1.54, 1.807) is 0 Å². The van der Waals surface area contributed by atoms with E-state index in [4.69, 9.17) is 22.1 Å². The van der Waals surface area contributed by atoms with Crippen LogP contribution in [0, 0.1) is 0 Å². The van der Waals surface area contributed by atoms with E-state index in [-0.39, 0.29) is 30.9 Å². The van der Waals surface area contributed by atoms with E-state index in [9.17, 15) is 9.59 Å². The molecule has 0 bridgehead atoms. The Balaban J connectivity index is 1.96. The first-order chi connectivity index (χ1) is 11.6. The minimum absolute atomic E-state index is 0.0281. The summed E-state index contributed by atoms with van der Waals surface area (Å²) in [6.45, 7) is 3.18. The quantitative estimate of drug-likeness (QED) is 0.635. The molecule has 2 rings (SSSR count). The number of morpholine rings is 1. The molecule has 1 heterocycles. The Hall–Kier alpha value is -1.67. The maximum absolute atomic E-state index is 11.9. The molecule has 1 fully saturated rings. The molecule has 132 valence electrons. The number of hydrogen-bond donors (Lipinski definition) is 3. The van der Waals surface area contributed by atoms with Crippen LogP contribution >= 0.6 is 11.6 Å². The molecule has 0 aromatic heterocycles. The minimum Gasteiger partial charge on any atom is -0.379 e. The number of benzene rings is 1. The highest BCUT2D eigenvalue weighted by atomic mass is 35.5. The fraction of sp³-hybridized carbons (Fsp3) is 0.500. The third-order valence-corrected chi connectivity index (χ3v) is 4.12. The molecule has 0 saturated carbocycles. The second kappa shape index (κ2) is 9.58. The number of nitrogens with two attached hydrogens (primary N) is 1. The van der Waals surface area contributed by atoms with Crippen molar-refractivity contribution in [3.63, 3.8) is 0 Å². The van der Waals surface area contributed by atoms with Gasteiger partial charge in [-0.1, -0.05) is 23.7 Å². The number of rotatable bonds is 7. The van der Waals surface area contributed by atoms with Crippen molar-refractivity contribution in [2.24, 2.45) is 5.73 Å². The highest BCUT2D eigenvalue weighted by Crippen LogP contribution is 2.23. The van der Waals surface area contributed by atoms with Gasteiger partial charge in [0.2, 0.25) is 11.8 Å². The summed E-state index contributed by atoms with van der Waals surface area (Å²) in [5, 5.41) is 5.99. The number of nitrogens with zero attached hydrogens (tertiary/aromatic N) is 1. The number of halogens is 1. The van der Waals surface area contributed by atoms with Crippen molar-refractivity contribution in [3.8, 4) is 0 Å². The van der Waals surface area contributed by atoms with E-state index >= 15 is 0 Å². The summed E-state index contributed by atoms with van der Waals surface area (Å²) >= 11 is 5.96. The summed E-state index contributed by atoms with van der Waals surface area (Å²) in [5.74, 6) is -0.600. The third kappa shape index (κ3) is 5.76. The Morgan fingerprint density at radius 1 is 1.17 bits per heavy atom. The summed E-state index contributed by atoms with van der Waals surface area (Å²) in [5.41, 5.74) is 6.27. The standard InChI is InChI=1S/C16H23ClN4O3/c17-13-3-1-12(2-4-13)14(21-5-7-24-8-6-21)10-19-16(23)11-20-15(22)9-18/h1-4,14H,5-11,18H2,(H,19,23)(H,20,22). The van der Waals surface area contributed by atoms with Gasteiger partial charge in [0.15, 0.2) is 0 Å². The number of ether oxygens (including phenoxy) is 1. The Labute approximate surface area is 146 Å². The van der Waals surface area contributed by atoms with Gasteiger partial charge in [-0.25, -0.2) is 0 Å². The second-order valence-electron chi connectivity index (χ2n) is 5.50. The fourth-order valence-corrected chi connectivity index (χ4v) is 2.68. The van der Waals surface area contributed by atoms with Gasteiger partial charge in [0.25, 0.3) is 0 Å². The van der Waals surface area contributed by atoms with Gasteiger partial charge in [-0.05, 0) is 17.7 Å². The van der Waals surface area contributed by atoms with Crippen molar-refractivity contribution in [1.29, 1.82) is 0 Å². The molecule has 2 amide bonds. The lowest BCUT2D eigenvalue weighted by atomic mass is 10.0. The van der Waals surface area contributed by atoms with Crippen molar-refractivity contribution in [3.05, 3.63) is 34.9 Å². The molecule has 1 aromatic rings. The Kier molecular flexibility index (Phi) is 7.45. The molecule has 1 atom stereocenters. The number of nitrogens with one attached hydrogen (secondary N) is 2. The summed E-state index contributed by atoms with van der Waals surface area (Å²) < 4.78 is 5.40. The zero-order valence-corrected chi connectivity index (χ0v) is 14.2. The molecule has 24 heavy (non-hydrogen) atoms. The number of amides is 2. The van der Waals surface area contributed by atoms with E-state index < -0.39 is 0 Å². The average molecular weight is 355 g/mol. The lowest BCUT2D eigenvalue weighted by Crippen LogP contribution is -2.46. The molecule has 1 saturated heterocycles. The maximum atomic E-state index is 11.9. The van der Waals surface area contributed by atoms with Crippen LogP contribution in [-0.2, 0) is 14.3 Å². The second-order valence-corrected chi connectivity index (χ2v) is 5.94. The largest absolute Gasteiger partial charge is 0.379 e. The SMILES string of the molecule is NCC(=O)NCC(=O)NCC(c1ccc(Cl)cc1)N1CCOCC1. The zero-order valence-electron chi connectivity index (χ0n) is 13.5. The van der Waals surface area contributed by atoms with Crippen LogP contribution in [0.25, 0.3) is 0 Å². The molecule has 8 heteroatoms. The normalized spacial score (nSPS) is 16.4. The van der Waals surface area contributed by atoms with Gasteiger partial charge in [-0.15, -0.1) is 0 Å². The van der Waals surface area contributed by atoms with E-state index in [2.05, 4.69) is 15.5 Å². The Morgan fingerprint density at radius 2 is 1.83 bits per heavy atom. The predicted molar refractivity (Wildman–Crippen MR) is 91.7 cm³/mol. The smallest absolute Gasteiger partial charge is 0.239 e. The first-order valence-electron chi connectivity index (χ1n) is 7.91. The lowest BCUT2D eigenvalue weighted by Gasteiger charge is -2.35.